The van der Waals surface area contributed by atoms with Crippen molar-refractivity contribution in [2.75, 3.05) is 5.32 Å². The van der Waals surface area contributed by atoms with Gasteiger partial charge in [-0.2, -0.15) is 5.10 Å². The number of hydrogen-bond acceptors (Lipinski definition) is 5. The van der Waals surface area contributed by atoms with Gasteiger partial charge in [0.05, 0.1) is 6.20 Å². The molecule has 0 aliphatic carbocycles. The van der Waals surface area contributed by atoms with Gasteiger partial charge in [0.25, 0.3) is 0 Å². The summed E-state index contributed by atoms with van der Waals surface area (Å²) in [5.74, 6) is -0.478. The molecule has 0 aliphatic heterocycles. The largest absolute Gasteiger partial charge is 0.479 e. The monoisotopic (exact) mass is 275 g/mol. The molecule has 7 nitrogen and oxygen atoms in total. The third kappa shape index (κ3) is 3.31. The number of rotatable bonds is 6. The lowest BCUT2D eigenvalue weighted by atomic mass is 10.1. The molecule has 0 aromatic carbocycles. The van der Waals surface area contributed by atoms with Gasteiger partial charge in [-0.25, -0.2) is 14.8 Å². The third-order valence-electron chi connectivity index (χ3n) is 2.83. The maximum absolute atomic E-state index is 11.4. The number of anilines is 1. The first-order valence-corrected chi connectivity index (χ1v) is 6.39. The number of hydrogen-bond donors (Lipinski definition) is 2. The van der Waals surface area contributed by atoms with Gasteiger partial charge in [-0.15, -0.1) is 0 Å². The second kappa shape index (κ2) is 6.14. The van der Waals surface area contributed by atoms with Gasteiger partial charge in [0.2, 0.25) is 0 Å². The Balaban J connectivity index is 2.20. The van der Waals surface area contributed by atoms with Gasteiger partial charge < -0.3 is 10.4 Å². The first kappa shape index (κ1) is 14.0. The van der Waals surface area contributed by atoms with Gasteiger partial charge in [-0.05, 0) is 6.42 Å². The van der Waals surface area contributed by atoms with Crippen molar-refractivity contribution in [1.29, 1.82) is 0 Å². The van der Waals surface area contributed by atoms with E-state index in [1.54, 1.807) is 24.0 Å². The van der Waals surface area contributed by atoms with Crippen LogP contribution < -0.4 is 5.32 Å². The first-order chi connectivity index (χ1) is 9.60. The predicted molar refractivity (Wildman–Crippen MR) is 73.2 cm³/mol. The highest BCUT2D eigenvalue weighted by molar-refractivity contribution is 5.78. The molecule has 0 saturated heterocycles. The summed E-state index contributed by atoms with van der Waals surface area (Å²) in [6.45, 7) is 2.06. The minimum atomic E-state index is -0.978. The number of aromatic nitrogens is 4. The Hall–Kier alpha value is -2.44. The van der Waals surface area contributed by atoms with E-state index >= 15 is 0 Å². The molecule has 0 bridgehead atoms. The van der Waals surface area contributed by atoms with Gasteiger partial charge in [0.15, 0.2) is 6.04 Å². The highest BCUT2D eigenvalue weighted by Crippen LogP contribution is 2.18. The SMILES string of the molecule is CCCc1cc(NC(C(=O)O)c2cnn(C)c2)ncn1. The molecule has 0 fully saturated rings. The Morgan fingerprint density at radius 3 is 2.90 bits per heavy atom. The number of nitrogens with one attached hydrogen (secondary N) is 1. The molecule has 2 rings (SSSR count). The Morgan fingerprint density at radius 1 is 1.50 bits per heavy atom. The van der Waals surface area contributed by atoms with Crippen LogP contribution in [-0.2, 0) is 18.3 Å². The Bertz CT molecular complexity index is 596. The maximum atomic E-state index is 11.4. The molecule has 106 valence electrons. The van der Waals surface area contributed by atoms with E-state index in [1.165, 1.54) is 12.5 Å². The van der Waals surface area contributed by atoms with Crippen LogP contribution in [0.1, 0.15) is 30.6 Å². The minimum Gasteiger partial charge on any atom is -0.479 e. The fourth-order valence-electron chi connectivity index (χ4n) is 1.89. The number of carbonyl (C=O) groups is 1. The quantitative estimate of drug-likeness (QED) is 0.827. The Labute approximate surface area is 116 Å². The van der Waals surface area contributed by atoms with Crippen molar-refractivity contribution in [3.05, 3.63) is 36.0 Å². The van der Waals surface area contributed by atoms with E-state index < -0.39 is 12.0 Å². The van der Waals surface area contributed by atoms with Crippen LogP contribution in [-0.4, -0.2) is 30.8 Å². The molecule has 2 N–H and O–H groups in total. The zero-order chi connectivity index (χ0) is 14.5. The summed E-state index contributed by atoms with van der Waals surface area (Å²) in [5, 5.41) is 16.2. The summed E-state index contributed by atoms with van der Waals surface area (Å²) in [7, 11) is 1.74. The maximum Gasteiger partial charge on any atom is 0.330 e. The van der Waals surface area contributed by atoms with Crippen LogP contribution in [0.5, 0.6) is 0 Å². The molecule has 0 aliphatic rings. The van der Waals surface area contributed by atoms with E-state index in [9.17, 15) is 9.90 Å². The van der Waals surface area contributed by atoms with E-state index in [4.69, 9.17) is 0 Å². The number of aliphatic carboxylic acids is 1. The second-order valence-corrected chi connectivity index (χ2v) is 4.51. The van der Waals surface area contributed by atoms with Crippen LogP contribution in [0.15, 0.2) is 24.8 Å². The van der Waals surface area contributed by atoms with Crippen molar-refractivity contribution in [1.82, 2.24) is 19.7 Å². The molecule has 2 aromatic rings. The Morgan fingerprint density at radius 2 is 2.30 bits per heavy atom. The summed E-state index contributed by atoms with van der Waals surface area (Å²) in [5.41, 5.74) is 1.47. The van der Waals surface area contributed by atoms with Crippen molar-refractivity contribution in [2.45, 2.75) is 25.8 Å². The fraction of sp³-hybridized carbons (Fsp3) is 0.385. The summed E-state index contributed by atoms with van der Waals surface area (Å²) < 4.78 is 1.56. The topological polar surface area (TPSA) is 92.9 Å². The van der Waals surface area contributed by atoms with Gasteiger partial charge in [-0.1, -0.05) is 13.3 Å². The van der Waals surface area contributed by atoms with Gasteiger partial charge >= 0.3 is 5.97 Å². The zero-order valence-corrected chi connectivity index (χ0v) is 11.4. The Kier molecular flexibility index (Phi) is 4.29. The molecule has 2 heterocycles. The molecule has 20 heavy (non-hydrogen) atoms. The van der Waals surface area contributed by atoms with Crippen LogP contribution >= 0.6 is 0 Å². The van der Waals surface area contributed by atoms with E-state index in [2.05, 4.69) is 27.3 Å². The summed E-state index contributed by atoms with van der Waals surface area (Å²) in [6.07, 6.45) is 6.44. The van der Waals surface area contributed by atoms with Gasteiger partial charge in [0.1, 0.15) is 12.1 Å². The molecular weight excluding hydrogens is 258 g/mol. The number of carboxylic acids is 1. The van der Waals surface area contributed by atoms with E-state index in [0.29, 0.717) is 11.4 Å². The number of nitrogens with zero attached hydrogens (tertiary/aromatic N) is 4. The van der Waals surface area contributed by atoms with Crippen molar-refractivity contribution >= 4 is 11.8 Å². The third-order valence-corrected chi connectivity index (χ3v) is 2.83. The lowest BCUT2D eigenvalue weighted by molar-refractivity contribution is -0.138. The molecule has 0 amide bonds. The molecule has 7 heteroatoms. The number of carboxylic acid groups (broad SMARTS) is 1. The average Bonchev–Trinajstić information content (AvgIpc) is 2.83. The standard InChI is InChI=1S/C13H17N5O2/c1-3-4-10-5-11(15-8-14-10)17-12(13(19)20)9-6-16-18(2)7-9/h5-8,12H,3-4H2,1-2H3,(H,19,20)(H,14,15,17). The van der Waals surface area contributed by atoms with Crippen molar-refractivity contribution in [3.63, 3.8) is 0 Å². The van der Waals surface area contributed by atoms with Crippen LogP contribution in [0.4, 0.5) is 5.82 Å². The molecule has 1 unspecified atom stereocenters. The van der Waals surface area contributed by atoms with Crippen molar-refractivity contribution < 1.29 is 9.90 Å². The van der Waals surface area contributed by atoms with Crippen molar-refractivity contribution in [3.8, 4) is 0 Å². The van der Waals surface area contributed by atoms with E-state index in [1.807, 2.05) is 0 Å². The predicted octanol–water partition coefficient (Wildman–Crippen LogP) is 1.40. The van der Waals surface area contributed by atoms with Gasteiger partial charge in [0, 0.05) is 30.6 Å². The van der Waals surface area contributed by atoms with E-state index in [0.717, 1.165) is 18.5 Å². The fourth-order valence-corrected chi connectivity index (χ4v) is 1.89. The van der Waals surface area contributed by atoms with Crippen LogP contribution in [0, 0.1) is 0 Å². The summed E-state index contributed by atoms with van der Waals surface area (Å²) in [6, 6.07) is 0.892. The molecule has 0 spiro atoms. The van der Waals surface area contributed by atoms with E-state index in [-0.39, 0.29) is 0 Å². The van der Waals surface area contributed by atoms with Crippen LogP contribution in [0.3, 0.4) is 0 Å². The first-order valence-electron chi connectivity index (χ1n) is 6.39. The molecule has 0 radical (unpaired) electrons. The molecule has 1 atom stereocenters. The highest BCUT2D eigenvalue weighted by Gasteiger charge is 2.21. The molecular formula is C13H17N5O2. The summed E-state index contributed by atoms with van der Waals surface area (Å²) >= 11 is 0. The highest BCUT2D eigenvalue weighted by atomic mass is 16.4. The average molecular weight is 275 g/mol. The van der Waals surface area contributed by atoms with Crippen molar-refractivity contribution in [2.24, 2.45) is 7.05 Å². The molecule has 2 aromatic heterocycles. The number of aryl methyl sites for hydroxylation is 2. The molecule has 0 saturated carbocycles. The lowest BCUT2D eigenvalue weighted by Gasteiger charge is -2.13. The van der Waals surface area contributed by atoms with Crippen LogP contribution in [0.25, 0.3) is 0 Å². The van der Waals surface area contributed by atoms with Gasteiger partial charge in [-0.3, -0.25) is 4.68 Å². The summed E-state index contributed by atoms with van der Waals surface area (Å²) in [4.78, 5) is 19.6. The minimum absolute atomic E-state index is 0.500. The second-order valence-electron chi connectivity index (χ2n) is 4.51. The lowest BCUT2D eigenvalue weighted by Crippen LogP contribution is -2.20. The smallest absolute Gasteiger partial charge is 0.330 e. The van der Waals surface area contributed by atoms with Crippen LogP contribution in [0.2, 0.25) is 0 Å². The zero-order valence-electron chi connectivity index (χ0n) is 11.4. The normalized spacial score (nSPS) is 12.1.